The van der Waals surface area contributed by atoms with E-state index in [0.717, 1.165) is 6.20 Å². The lowest BCUT2D eigenvalue weighted by Crippen LogP contribution is -2.21. The lowest BCUT2D eigenvalue weighted by atomic mass is 10.5. The maximum Gasteiger partial charge on any atom is 0.279 e. The summed E-state index contributed by atoms with van der Waals surface area (Å²) < 4.78 is 1.28. The normalized spacial score (nSPS) is 10.5. The minimum absolute atomic E-state index is 0.137. The standard InChI is InChI=1S/C7H6N4O2/c1-11-3-9-6-5(7(11)13)10-4(12)2-8-6/h2-3H,1H3,(H,10,12). The molecule has 0 bridgehead atoms. The van der Waals surface area contributed by atoms with Crippen LogP contribution in [0, 0.1) is 0 Å². The molecule has 0 aliphatic heterocycles. The van der Waals surface area contributed by atoms with E-state index in [4.69, 9.17) is 0 Å². The van der Waals surface area contributed by atoms with Crippen LogP contribution < -0.4 is 11.1 Å². The zero-order valence-corrected chi connectivity index (χ0v) is 6.81. The second-order valence-electron chi connectivity index (χ2n) is 2.61. The molecule has 13 heavy (non-hydrogen) atoms. The second kappa shape index (κ2) is 2.51. The van der Waals surface area contributed by atoms with Crippen molar-refractivity contribution in [2.45, 2.75) is 0 Å². The number of aromatic amines is 1. The Morgan fingerprint density at radius 3 is 2.92 bits per heavy atom. The molecule has 2 aromatic rings. The van der Waals surface area contributed by atoms with Gasteiger partial charge in [0.1, 0.15) is 0 Å². The van der Waals surface area contributed by atoms with Gasteiger partial charge in [-0.15, -0.1) is 0 Å². The van der Waals surface area contributed by atoms with E-state index >= 15 is 0 Å². The fourth-order valence-electron chi connectivity index (χ4n) is 1.01. The molecule has 0 saturated heterocycles. The molecule has 66 valence electrons. The first-order chi connectivity index (χ1) is 6.18. The molecule has 0 spiro atoms. The Bertz CT molecular complexity index is 568. The van der Waals surface area contributed by atoms with Crippen LogP contribution in [0.2, 0.25) is 0 Å². The quantitative estimate of drug-likeness (QED) is 0.562. The number of rotatable bonds is 0. The third-order valence-electron chi connectivity index (χ3n) is 1.66. The summed E-state index contributed by atoms with van der Waals surface area (Å²) in [5, 5.41) is 0. The first-order valence-corrected chi connectivity index (χ1v) is 3.59. The van der Waals surface area contributed by atoms with Crippen LogP contribution in [0.1, 0.15) is 0 Å². The lowest BCUT2D eigenvalue weighted by Gasteiger charge is -1.97. The SMILES string of the molecule is Cn1cnc2ncc(=O)[nH]c2c1=O. The fraction of sp³-hybridized carbons (Fsp3) is 0.143. The number of H-pyrrole nitrogens is 1. The Kier molecular flexibility index (Phi) is 1.48. The summed E-state index contributed by atoms with van der Waals surface area (Å²) in [4.78, 5) is 32.2. The second-order valence-corrected chi connectivity index (χ2v) is 2.61. The number of nitrogens with one attached hydrogen (secondary N) is 1. The van der Waals surface area contributed by atoms with E-state index in [1.165, 1.54) is 10.9 Å². The molecule has 6 heteroatoms. The number of hydrogen-bond donors (Lipinski definition) is 1. The van der Waals surface area contributed by atoms with Gasteiger partial charge in [0.15, 0.2) is 11.2 Å². The smallest absolute Gasteiger partial charge is 0.279 e. The van der Waals surface area contributed by atoms with Crippen LogP contribution in [0.15, 0.2) is 22.1 Å². The molecule has 0 atom stereocenters. The van der Waals surface area contributed by atoms with Crippen molar-refractivity contribution in [3.05, 3.63) is 33.2 Å². The molecule has 0 radical (unpaired) electrons. The zero-order chi connectivity index (χ0) is 9.42. The lowest BCUT2D eigenvalue weighted by molar-refractivity contribution is 0.833. The Morgan fingerprint density at radius 1 is 1.38 bits per heavy atom. The maximum absolute atomic E-state index is 11.4. The van der Waals surface area contributed by atoms with E-state index in [2.05, 4.69) is 15.0 Å². The van der Waals surface area contributed by atoms with Crippen LogP contribution >= 0.6 is 0 Å². The molecule has 0 aromatic carbocycles. The molecule has 2 heterocycles. The molecule has 6 nitrogen and oxygen atoms in total. The molecule has 0 aliphatic carbocycles. The van der Waals surface area contributed by atoms with Crippen LogP contribution in [-0.2, 0) is 7.05 Å². The topological polar surface area (TPSA) is 80.6 Å². The van der Waals surface area contributed by atoms with Gasteiger partial charge >= 0.3 is 0 Å². The van der Waals surface area contributed by atoms with Gasteiger partial charge in [-0.3, -0.25) is 9.59 Å². The monoisotopic (exact) mass is 178 g/mol. The summed E-state index contributed by atoms with van der Waals surface area (Å²) in [6.07, 6.45) is 2.45. The van der Waals surface area contributed by atoms with E-state index in [1.54, 1.807) is 7.05 Å². The summed E-state index contributed by atoms with van der Waals surface area (Å²) >= 11 is 0. The van der Waals surface area contributed by atoms with Crippen LogP contribution in [0.4, 0.5) is 0 Å². The number of aryl methyl sites for hydroxylation is 1. The zero-order valence-electron chi connectivity index (χ0n) is 6.81. The fourth-order valence-corrected chi connectivity index (χ4v) is 1.01. The molecule has 2 aromatic heterocycles. The molecule has 1 N–H and O–H groups in total. The maximum atomic E-state index is 11.4. The van der Waals surface area contributed by atoms with Gasteiger partial charge in [-0.2, -0.15) is 0 Å². The van der Waals surface area contributed by atoms with Crippen molar-refractivity contribution in [1.29, 1.82) is 0 Å². The first-order valence-electron chi connectivity index (χ1n) is 3.59. The van der Waals surface area contributed by atoms with E-state index in [1.807, 2.05) is 0 Å². The van der Waals surface area contributed by atoms with Crippen LogP contribution in [0.25, 0.3) is 11.2 Å². The van der Waals surface area contributed by atoms with Crippen LogP contribution in [-0.4, -0.2) is 19.5 Å². The Labute approximate surface area is 71.9 Å². The van der Waals surface area contributed by atoms with Gasteiger partial charge in [-0.25, -0.2) is 9.97 Å². The highest BCUT2D eigenvalue weighted by molar-refractivity contribution is 5.66. The van der Waals surface area contributed by atoms with Crippen molar-refractivity contribution in [2.24, 2.45) is 7.05 Å². The van der Waals surface area contributed by atoms with Gasteiger partial charge in [0.25, 0.3) is 11.1 Å². The van der Waals surface area contributed by atoms with Crippen LogP contribution in [0.5, 0.6) is 0 Å². The number of nitrogens with zero attached hydrogens (tertiary/aromatic N) is 3. The van der Waals surface area contributed by atoms with E-state index in [-0.39, 0.29) is 16.7 Å². The molecule has 2 rings (SSSR count). The highest BCUT2D eigenvalue weighted by Crippen LogP contribution is 1.92. The van der Waals surface area contributed by atoms with Gasteiger partial charge in [0.05, 0.1) is 12.5 Å². The molecule has 0 aliphatic rings. The highest BCUT2D eigenvalue weighted by atomic mass is 16.1. The van der Waals surface area contributed by atoms with E-state index < -0.39 is 5.56 Å². The Hall–Kier alpha value is -1.98. The van der Waals surface area contributed by atoms with Gasteiger partial charge in [0.2, 0.25) is 0 Å². The largest absolute Gasteiger partial charge is 0.313 e. The van der Waals surface area contributed by atoms with Gasteiger partial charge in [-0.1, -0.05) is 0 Å². The van der Waals surface area contributed by atoms with Crippen molar-refractivity contribution < 1.29 is 0 Å². The average molecular weight is 178 g/mol. The molecular weight excluding hydrogens is 172 g/mol. The predicted octanol–water partition coefficient (Wildman–Crippen LogP) is -0.983. The minimum Gasteiger partial charge on any atom is -0.313 e. The van der Waals surface area contributed by atoms with Crippen molar-refractivity contribution in [3.63, 3.8) is 0 Å². The summed E-state index contributed by atoms with van der Waals surface area (Å²) in [6, 6.07) is 0. The van der Waals surface area contributed by atoms with Crippen LogP contribution in [0.3, 0.4) is 0 Å². The van der Waals surface area contributed by atoms with Gasteiger partial charge < -0.3 is 9.55 Å². The Balaban J connectivity index is 3.06. The van der Waals surface area contributed by atoms with E-state index in [0.29, 0.717) is 0 Å². The summed E-state index contributed by atoms with van der Waals surface area (Å²) in [5.74, 6) is 0. The van der Waals surface area contributed by atoms with Crippen molar-refractivity contribution in [2.75, 3.05) is 0 Å². The molecular formula is C7H6N4O2. The van der Waals surface area contributed by atoms with Gasteiger partial charge in [-0.05, 0) is 0 Å². The molecule has 0 amide bonds. The third-order valence-corrected chi connectivity index (χ3v) is 1.66. The number of fused-ring (bicyclic) bond motifs is 1. The first kappa shape index (κ1) is 7.66. The summed E-state index contributed by atoms with van der Waals surface area (Å²) in [6.45, 7) is 0. The van der Waals surface area contributed by atoms with Gasteiger partial charge in [0, 0.05) is 7.05 Å². The van der Waals surface area contributed by atoms with Crippen molar-refractivity contribution in [3.8, 4) is 0 Å². The highest BCUT2D eigenvalue weighted by Gasteiger charge is 2.02. The summed E-state index contributed by atoms with van der Waals surface area (Å²) in [7, 11) is 1.56. The average Bonchev–Trinajstić information content (AvgIpc) is 2.12. The van der Waals surface area contributed by atoms with Crippen molar-refractivity contribution >= 4 is 11.2 Å². The van der Waals surface area contributed by atoms with Crippen molar-refractivity contribution in [1.82, 2.24) is 19.5 Å². The number of aromatic nitrogens is 4. The molecule has 0 fully saturated rings. The minimum atomic E-state index is -0.405. The van der Waals surface area contributed by atoms with E-state index in [9.17, 15) is 9.59 Å². The number of hydrogen-bond acceptors (Lipinski definition) is 4. The molecule has 0 unspecified atom stereocenters. The summed E-state index contributed by atoms with van der Waals surface area (Å²) in [5.41, 5.74) is -0.326. The predicted molar refractivity (Wildman–Crippen MR) is 45.4 cm³/mol. The Morgan fingerprint density at radius 2 is 2.15 bits per heavy atom. The molecule has 0 saturated carbocycles. The third kappa shape index (κ3) is 1.12.